The number of nitrogens with one attached hydrogen (secondary N) is 1. The molecule has 2 aromatic carbocycles. The van der Waals surface area contributed by atoms with Crippen LogP contribution < -0.4 is 5.32 Å². The molecule has 0 spiro atoms. The average Bonchev–Trinajstić information content (AvgIpc) is 3.28. The molecule has 0 atom stereocenters. The van der Waals surface area contributed by atoms with E-state index in [1.807, 2.05) is 37.3 Å². The van der Waals surface area contributed by atoms with Gasteiger partial charge in [-0.05, 0) is 42.5 Å². The number of carbonyl (C=O) groups excluding carboxylic acids is 3. The Balaban J connectivity index is 1.40. The predicted molar refractivity (Wildman–Crippen MR) is 115 cm³/mol. The van der Waals surface area contributed by atoms with Gasteiger partial charge in [0, 0.05) is 24.0 Å². The number of benzene rings is 2. The van der Waals surface area contributed by atoms with Crippen LogP contribution in [0.5, 0.6) is 0 Å². The lowest BCUT2D eigenvalue weighted by atomic mass is 10.0. The normalized spacial score (nSPS) is 14.9. The maximum Gasteiger partial charge on any atom is 0.290 e. The lowest BCUT2D eigenvalue weighted by Crippen LogP contribution is -2.17. The molecular formula is C23H18N2O4S. The molecule has 3 aromatic rings. The molecule has 6 nitrogen and oxygen atoms in total. The summed E-state index contributed by atoms with van der Waals surface area (Å²) in [5.74, 6) is 0.870. The van der Waals surface area contributed by atoms with Crippen LogP contribution in [0.2, 0.25) is 0 Å². The average molecular weight is 418 g/mol. The Hall–Kier alpha value is -3.45. The molecule has 0 unspecified atom stereocenters. The number of ketones is 1. The molecule has 0 bridgehead atoms. The minimum Gasteiger partial charge on any atom is -0.441 e. The molecule has 0 saturated carbocycles. The summed E-state index contributed by atoms with van der Waals surface area (Å²) in [6.45, 7) is 1.85. The standard InChI is InChI=1S/C23H18N2O4S/c1-14-18(24-22(29-14)17-5-3-2-4-6-17)11-12-19(26)16-9-7-15(8-10-16)13-20-21(27)25-23(28)30-20/h2-10,13H,11-12H2,1H3,(H,25,27,28)/b20-13-. The van der Waals surface area contributed by atoms with E-state index in [0.717, 1.165) is 28.6 Å². The van der Waals surface area contributed by atoms with Crippen molar-refractivity contribution in [1.29, 1.82) is 0 Å². The van der Waals surface area contributed by atoms with Gasteiger partial charge in [-0.2, -0.15) is 0 Å². The monoisotopic (exact) mass is 418 g/mol. The summed E-state index contributed by atoms with van der Waals surface area (Å²) >= 11 is 0.865. The Kier molecular flexibility index (Phi) is 5.63. The Bertz CT molecular complexity index is 1150. The van der Waals surface area contributed by atoms with E-state index >= 15 is 0 Å². The van der Waals surface area contributed by atoms with E-state index in [9.17, 15) is 14.4 Å². The van der Waals surface area contributed by atoms with Gasteiger partial charge in [-0.3, -0.25) is 19.7 Å². The zero-order chi connectivity index (χ0) is 21.1. The van der Waals surface area contributed by atoms with Crippen LogP contribution in [0.25, 0.3) is 17.5 Å². The van der Waals surface area contributed by atoms with Crippen molar-refractivity contribution in [1.82, 2.24) is 10.3 Å². The van der Waals surface area contributed by atoms with Gasteiger partial charge in [-0.1, -0.05) is 42.5 Å². The van der Waals surface area contributed by atoms with Crippen LogP contribution in [0.1, 0.15) is 33.8 Å². The first-order valence-corrected chi connectivity index (χ1v) is 10.2. The van der Waals surface area contributed by atoms with Gasteiger partial charge >= 0.3 is 0 Å². The van der Waals surface area contributed by atoms with Gasteiger partial charge in [0.25, 0.3) is 11.1 Å². The van der Waals surface area contributed by atoms with Gasteiger partial charge in [0.15, 0.2) is 5.78 Å². The summed E-state index contributed by atoms with van der Waals surface area (Å²) in [5, 5.41) is 1.84. The summed E-state index contributed by atoms with van der Waals surface area (Å²) in [6, 6.07) is 16.6. The van der Waals surface area contributed by atoms with Crippen LogP contribution >= 0.6 is 11.8 Å². The minimum absolute atomic E-state index is 0.000950. The second-order valence-corrected chi connectivity index (χ2v) is 7.80. The maximum atomic E-state index is 12.6. The van der Waals surface area contributed by atoms with Crippen molar-refractivity contribution in [3.8, 4) is 11.5 Å². The molecule has 4 rings (SSSR count). The molecule has 1 aliphatic heterocycles. The van der Waals surface area contributed by atoms with Gasteiger partial charge in [-0.25, -0.2) is 4.98 Å². The van der Waals surface area contributed by atoms with Crippen molar-refractivity contribution >= 4 is 34.8 Å². The van der Waals surface area contributed by atoms with Gasteiger partial charge in [0.05, 0.1) is 10.6 Å². The van der Waals surface area contributed by atoms with Crippen molar-refractivity contribution in [2.45, 2.75) is 19.8 Å². The zero-order valence-corrected chi connectivity index (χ0v) is 17.0. The Morgan fingerprint density at radius 2 is 1.83 bits per heavy atom. The third-order valence-electron chi connectivity index (χ3n) is 4.67. The van der Waals surface area contributed by atoms with E-state index < -0.39 is 5.91 Å². The van der Waals surface area contributed by atoms with Crippen molar-refractivity contribution < 1.29 is 18.8 Å². The Morgan fingerprint density at radius 3 is 2.50 bits per heavy atom. The predicted octanol–water partition coefficient (Wildman–Crippen LogP) is 4.79. The fourth-order valence-corrected chi connectivity index (χ4v) is 3.76. The lowest BCUT2D eigenvalue weighted by Gasteiger charge is -2.02. The van der Waals surface area contributed by atoms with Gasteiger partial charge < -0.3 is 4.42 Å². The second kappa shape index (κ2) is 8.51. The molecule has 2 heterocycles. The summed E-state index contributed by atoms with van der Waals surface area (Å²) < 4.78 is 5.75. The third-order valence-corrected chi connectivity index (χ3v) is 5.49. The van der Waals surface area contributed by atoms with Gasteiger partial charge in [-0.15, -0.1) is 0 Å². The van der Waals surface area contributed by atoms with Crippen LogP contribution in [0.4, 0.5) is 4.79 Å². The highest BCUT2D eigenvalue weighted by Crippen LogP contribution is 2.26. The number of aromatic nitrogens is 1. The molecule has 1 aliphatic rings. The number of Topliss-reactive ketones (excluding diaryl/α,β-unsaturated/α-hetero) is 1. The largest absolute Gasteiger partial charge is 0.441 e. The fraction of sp³-hybridized carbons (Fsp3) is 0.130. The summed E-state index contributed by atoms with van der Waals surface area (Å²) in [5.41, 5.74) is 3.01. The Morgan fingerprint density at radius 1 is 1.10 bits per heavy atom. The molecule has 7 heteroatoms. The van der Waals surface area contributed by atoms with Crippen LogP contribution in [-0.4, -0.2) is 21.9 Å². The molecule has 30 heavy (non-hydrogen) atoms. The first kappa shape index (κ1) is 19.8. The quantitative estimate of drug-likeness (QED) is 0.457. The molecular weight excluding hydrogens is 400 g/mol. The molecule has 2 amide bonds. The highest BCUT2D eigenvalue weighted by Gasteiger charge is 2.24. The van der Waals surface area contributed by atoms with Crippen LogP contribution in [0.3, 0.4) is 0 Å². The number of amides is 2. The summed E-state index contributed by atoms with van der Waals surface area (Å²) in [4.78, 5) is 40.3. The van der Waals surface area contributed by atoms with Crippen molar-refractivity contribution in [2.75, 3.05) is 0 Å². The van der Waals surface area contributed by atoms with Gasteiger partial charge in [0.1, 0.15) is 5.76 Å². The van der Waals surface area contributed by atoms with E-state index in [1.54, 1.807) is 30.3 Å². The van der Waals surface area contributed by atoms with E-state index in [2.05, 4.69) is 10.3 Å². The van der Waals surface area contributed by atoms with Crippen molar-refractivity contribution in [3.63, 3.8) is 0 Å². The van der Waals surface area contributed by atoms with E-state index in [0.29, 0.717) is 35.0 Å². The molecule has 1 saturated heterocycles. The number of nitrogens with zero attached hydrogens (tertiary/aromatic N) is 1. The fourth-order valence-electron chi connectivity index (χ4n) is 3.08. The first-order valence-electron chi connectivity index (χ1n) is 9.39. The second-order valence-electron chi connectivity index (χ2n) is 6.79. The topological polar surface area (TPSA) is 89.3 Å². The number of carbonyl (C=O) groups is 3. The van der Waals surface area contributed by atoms with E-state index in [4.69, 9.17) is 4.42 Å². The maximum absolute atomic E-state index is 12.6. The van der Waals surface area contributed by atoms with E-state index in [-0.39, 0.29) is 11.0 Å². The van der Waals surface area contributed by atoms with Crippen molar-refractivity contribution in [2.24, 2.45) is 0 Å². The molecule has 1 aromatic heterocycles. The molecule has 1 fully saturated rings. The van der Waals surface area contributed by atoms with Crippen molar-refractivity contribution in [3.05, 3.63) is 82.1 Å². The number of imide groups is 1. The molecule has 1 N–H and O–H groups in total. The Labute approximate surface area is 177 Å². The lowest BCUT2D eigenvalue weighted by molar-refractivity contribution is -0.115. The van der Waals surface area contributed by atoms with Crippen LogP contribution in [0.15, 0.2) is 63.9 Å². The van der Waals surface area contributed by atoms with Crippen LogP contribution in [-0.2, 0) is 11.2 Å². The highest BCUT2D eigenvalue weighted by molar-refractivity contribution is 8.18. The number of hydrogen-bond acceptors (Lipinski definition) is 6. The molecule has 150 valence electrons. The number of aryl methyl sites for hydroxylation is 2. The SMILES string of the molecule is Cc1oc(-c2ccccc2)nc1CCC(=O)c1ccc(/C=C2\SC(=O)NC2=O)cc1. The smallest absolute Gasteiger partial charge is 0.290 e. The number of hydrogen-bond donors (Lipinski definition) is 1. The molecule has 0 radical (unpaired) electrons. The third kappa shape index (κ3) is 4.41. The summed E-state index contributed by atoms with van der Waals surface area (Å²) in [6.07, 6.45) is 2.43. The zero-order valence-electron chi connectivity index (χ0n) is 16.2. The van der Waals surface area contributed by atoms with Crippen LogP contribution in [0, 0.1) is 6.92 Å². The minimum atomic E-state index is -0.400. The van der Waals surface area contributed by atoms with E-state index in [1.165, 1.54) is 0 Å². The molecule has 0 aliphatic carbocycles. The number of rotatable bonds is 6. The van der Waals surface area contributed by atoms with Gasteiger partial charge in [0.2, 0.25) is 5.89 Å². The summed E-state index contributed by atoms with van der Waals surface area (Å²) in [7, 11) is 0. The first-order chi connectivity index (χ1) is 14.5. The number of thioether (sulfide) groups is 1. The number of oxazole rings is 1. The highest BCUT2D eigenvalue weighted by atomic mass is 32.2.